The second-order valence-electron chi connectivity index (χ2n) is 13.4. The van der Waals surface area contributed by atoms with Crippen molar-refractivity contribution in [3.63, 3.8) is 0 Å². The zero-order valence-corrected chi connectivity index (χ0v) is 32.1. The predicted molar refractivity (Wildman–Crippen MR) is 204 cm³/mol. The third-order valence-electron chi connectivity index (χ3n) is 8.24. The van der Waals surface area contributed by atoms with Gasteiger partial charge in [0.05, 0.1) is 11.1 Å². The summed E-state index contributed by atoms with van der Waals surface area (Å²) >= 11 is 1.98. The van der Waals surface area contributed by atoms with Crippen LogP contribution < -0.4 is 27.4 Å². The van der Waals surface area contributed by atoms with Gasteiger partial charge in [-0.2, -0.15) is 0 Å². The standard InChI is InChI=1S/C20H24F2N4O3S.C15H16F2N4OS.ClH/c1-20(2,3)29-19(28)26-9-7-11(8-10-26)24-18-25-17(23)16(30-18)15(27)14-12(21)5-4-6-13(14)22;16-9-2-1-3-10(17)11(9)12(22)13-14(18)21-15(23-13)20-8-4-6-19-7-5-8;/h4-6,11H,7-10,23H2,1-3H3,(H,24,25);1-3,8,19H,4-7,18H2,(H,20,21);1H. The Morgan fingerprint density at radius 1 is 0.759 bits per heavy atom. The number of carbonyl (C=O) groups excluding carboxylic acids is 3. The summed E-state index contributed by atoms with van der Waals surface area (Å²) < 4.78 is 60.7. The smallest absolute Gasteiger partial charge is 0.410 e. The minimum atomic E-state index is -0.947. The van der Waals surface area contributed by atoms with Crippen LogP contribution in [0.4, 0.5) is 44.3 Å². The molecule has 54 heavy (non-hydrogen) atoms. The summed E-state index contributed by atoms with van der Waals surface area (Å²) in [5.41, 5.74) is 9.80. The summed E-state index contributed by atoms with van der Waals surface area (Å²) in [7, 11) is 0. The van der Waals surface area contributed by atoms with Gasteiger partial charge in [0, 0.05) is 25.2 Å². The highest BCUT2D eigenvalue weighted by Gasteiger charge is 2.29. The van der Waals surface area contributed by atoms with Crippen molar-refractivity contribution in [2.45, 2.75) is 64.1 Å². The first-order valence-electron chi connectivity index (χ1n) is 16.8. The molecular weight excluding hydrogens is 772 g/mol. The Bertz CT molecular complexity index is 1920. The maximum Gasteiger partial charge on any atom is 0.410 e. The maximum absolute atomic E-state index is 13.9. The van der Waals surface area contributed by atoms with Gasteiger partial charge in [-0.25, -0.2) is 32.3 Å². The summed E-state index contributed by atoms with van der Waals surface area (Å²) in [5, 5.41) is 10.6. The van der Waals surface area contributed by atoms with Crippen LogP contribution >= 0.6 is 35.1 Å². The van der Waals surface area contributed by atoms with E-state index in [4.69, 9.17) is 16.2 Å². The number of nitrogens with zero attached hydrogens (tertiary/aromatic N) is 3. The third kappa shape index (κ3) is 10.6. The molecule has 2 aliphatic heterocycles. The van der Waals surface area contributed by atoms with E-state index in [2.05, 4.69) is 25.9 Å². The topological polar surface area (TPSA) is 178 Å². The monoisotopic (exact) mass is 812 g/mol. The van der Waals surface area contributed by atoms with Crippen molar-refractivity contribution in [3.05, 3.63) is 80.5 Å². The number of likely N-dealkylation sites (tertiary alicyclic amines) is 1. The van der Waals surface area contributed by atoms with Crippen LogP contribution in [0, 0.1) is 23.3 Å². The Kier molecular flexibility index (Phi) is 14.2. The molecule has 292 valence electrons. The predicted octanol–water partition coefficient (Wildman–Crippen LogP) is 6.87. The first-order valence-corrected chi connectivity index (χ1v) is 18.5. The second kappa shape index (κ2) is 18.2. The second-order valence-corrected chi connectivity index (χ2v) is 15.4. The lowest BCUT2D eigenvalue weighted by Crippen LogP contribution is -2.44. The largest absolute Gasteiger partial charge is 0.444 e. The number of carbonyl (C=O) groups is 3. The minimum Gasteiger partial charge on any atom is -0.444 e. The number of rotatable bonds is 8. The van der Waals surface area contributed by atoms with E-state index in [1.54, 1.807) is 4.90 Å². The van der Waals surface area contributed by atoms with E-state index in [0.29, 0.717) is 36.2 Å². The fraction of sp³-hybridized carbons (Fsp3) is 0.400. The molecule has 2 aromatic carbocycles. The molecule has 0 atom stereocenters. The van der Waals surface area contributed by atoms with Gasteiger partial charge in [0.2, 0.25) is 11.6 Å². The van der Waals surface area contributed by atoms with E-state index >= 15 is 0 Å². The molecule has 4 aromatic rings. The molecule has 0 saturated carbocycles. The van der Waals surface area contributed by atoms with E-state index in [1.165, 1.54) is 12.1 Å². The number of piperidine rings is 2. The highest BCUT2D eigenvalue weighted by atomic mass is 35.5. The van der Waals surface area contributed by atoms with Crippen LogP contribution in [0.1, 0.15) is 76.9 Å². The lowest BCUT2D eigenvalue weighted by molar-refractivity contribution is 0.0210. The van der Waals surface area contributed by atoms with E-state index in [9.17, 15) is 31.9 Å². The molecule has 2 aliphatic rings. The molecule has 7 N–H and O–H groups in total. The van der Waals surface area contributed by atoms with Gasteiger partial charge < -0.3 is 37.1 Å². The maximum atomic E-state index is 13.9. The molecule has 2 fully saturated rings. The number of ketones is 2. The van der Waals surface area contributed by atoms with Crippen molar-refractivity contribution >= 4 is 74.6 Å². The molecule has 0 radical (unpaired) electrons. The Morgan fingerprint density at radius 3 is 1.54 bits per heavy atom. The molecule has 0 aliphatic carbocycles. The zero-order chi connectivity index (χ0) is 38.4. The van der Waals surface area contributed by atoms with Gasteiger partial charge in [-0.3, -0.25) is 9.59 Å². The number of hydrogen-bond donors (Lipinski definition) is 5. The molecule has 4 heterocycles. The minimum absolute atomic E-state index is 0. The molecule has 1 amide bonds. The summed E-state index contributed by atoms with van der Waals surface area (Å²) in [5.74, 6) is -5.43. The number of nitrogens with two attached hydrogens (primary N) is 2. The molecule has 19 heteroatoms. The normalized spacial score (nSPS) is 15.1. The van der Waals surface area contributed by atoms with Crippen molar-refractivity contribution in [3.8, 4) is 0 Å². The van der Waals surface area contributed by atoms with Gasteiger partial charge in [0.15, 0.2) is 10.3 Å². The van der Waals surface area contributed by atoms with Gasteiger partial charge in [-0.05, 0) is 83.8 Å². The number of halogens is 5. The fourth-order valence-electron chi connectivity index (χ4n) is 5.62. The fourth-order valence-corrected chi connectivity index (χ4v) is 7.43. The first kappa shape index (κ1) is 42.2. The zero-order valence-electron chi connectivity index (χ0n) is 29.6. The van der Waals surface area contributed by atoms with Gasteiger partial charge in [0.1, 0.15) is 50.3 Å². The van der Waals surface area contributed by atoms with Crippen molar-refractivity contribution in [2.75, 3.05) is 48.3 Å². The highest BCUT2D eigenvalue weighted by Crippen LogP contribution is 2.32. The average molecular weight is 813 g/mol. The van der Waals surface area contributed by atoms with Gasteiger partial charge >= 0.3 is 6.09 Å². The molecule has 2 aromatic heterocycles. The lowest BCUT2D eigenvalue weighted by Gasteiger charge is -2.33. The number of nitrogens with one attached hydrogen (secondary N) is 3. The summed E-state index contributed by atoms with van der Waals surface area (Å²) in [4.78, 5) is 47.0. The Balaban J connectivity index is 0.000000244. The number of benzene rings is 2. The van der Waals surface area contributed by atoms with Gasteiger partial charge in [-0.1, -0.05) is 34.8 Å². The van der Waals surface area contributed by atoms with Crippen LogP contribution in [0.2, 0.25) is 0 Å². The molecule has 6 rings (SSSR count). The summed E-state index contributed by atoms with van der Waals surface area (Å²) in [6, 6.07) is 6.78. The van der Waals surface area contributed by atoms with E-state index < -0.39 is 51.6 Å². The van der Waals surface area contributed by atoms with Crippen LogP contribution in [-0.4, -0.2) is 76.4 Å². The first-order chi connectivity index (χ1) is 25.1. The Labute approximate surface area is 323 Å². The average Bonchev–Trinajstić information content (AvgIpc) is 3.65. The summed E-state index contributed by atoms with van der Waals surface area (Å²) in [6.45, 7) is 8.29. The van der Waals surface area contributed by atoms with Gasteiger partial charge in [0.25, 0.3) is 0 Å². The van der Waals surface area contributed by atoms with E-state index in [0.717, 1.165) is 72.9 Å². The van der Waals surface area contributed by atoms with Crippen molar-refractivity contribution in [1.29, 1.82) is 0 Å². The van der Waals surface area contributed by atoms with Crippen molar-refractivity contribution in [1.82, 2.24) is 20.2 Å². The molecular formula is C35H41ClF4N8O4S2. The number of amides is 1. The van der Waals surface area contributed by atoms with Crippen LogP contribution in [0.15, 0.2) is 36.4 Å². The summed E-state index contributed by atoms with van der Waals surface area (Å²) in [6.07, 6.45) is 2.84. The van der Waals surface area contributed by atoms with E-state index in [-0.39, 0.29) is 52.0 Å². The van der Waals surface area contributed by atoms with E-state index in [1.807, 2.05) is 20.8 Å². The third-order valence-corrected chi connectivity index (χ3v) is 10.2. The lowest BCUT2D eigenvalue weighted by atomic mass is 10.1. The molecule has 0 bridgehead atoms. The SMILES string of the molecule is CC(C)(C)OC(=O)N1CCC(Nc2nc(N)c(C(=O)c3c(F)cccc3F)s2)CC1.Cl.Nc1nc(NC2CCNCC2)sc1C(=O)c1c(F)cccc1F. The number of anilines is 4. The van der Waals surface area contributed by atoms with Crippen molar-refractivity contribution < 1.29 is 36.7 Å². The molecule has 0 spiro atoms. The number of hydrogen-bond acceptors (Lipinski definition) is 13. The van der Waals surface area contributed by atoms with Crippen LogP contribution in [0.3, 0.4) is 0 Å². The molecule has 2 saturated heterocycles. The van der Waals surface area contributed by atoms with Crippen LogP contribution in [0.25, 0.3) is 0 Å². The van der Waals surface area contributed by atoms with Crippen LogP contribution in [-0.2, 0) is 4.74 Å². The highest BCUT2D eigenvalue weighted by molar-refractivity contribution is 7.18. The number of aromatic nitrogens is 2. The Morgan fingerprint density at radius 2 is 1.15 bits per heavy atom. The van der Waals surface area contributed by atoms with Crippen LogP contribution in [0.5, 0.6) is 0 Å². The quantitative estimate of drug-likeness (QED) is 0.0927. The molecule has 0 unspecified atom stereocenters. The number of ether oxygens (including phenoxy) is 1. The number of thiazole rings is 2. The van der Waals surface area contributed by atoms with Crippen molar-refractivity contribution in [2.24, 2.45) is 0 Å². The molecule has 12 nitrogen and oxygen atoms in total. The number of nitrogen functional groups attached to an aromatic ring is 2. The Hall–Kier alpha value is -4.52. The van der Waals surface area contributed by atoms with Gasteiger partial charge in [-0.15, -0.1) is 12.4 Å².